The Morgan fingerprint density at radius 3 is 2.67 bits per heavy atom. The van der Waals surface area contributed by atoms with Crippen molar-refractivity contribution in [3.8, 4) is 11.4 Å². The molecule has 0 amide bonds. The molecule has 2 aromatic heterocycles. The number of aromatic nitrogens is 6. The van der Waals surface area contributed by atoms with E-state index in [0.29, 0.717) is 17.5 Å². The molecule has 0 radical (unpaired) electrons. The highest BCUT2D eigenvalue weighted by Gasteiger charge is 2.15. The molecule has 9 heteroatoms. The molecular formula is C18H24N8S. The number of hydrogen-bond acceptors (Lipinski definition) is 8. The van der Waals surface area contributed by atoms with E-state index in [9.17, 15) is 0 Å². The zero-order chi connectivity index (χ0) is 19.4. The van der Waals surface area contributed by atoms with Gasteiger partial charge in [-0.15, -0.1) is 10.2 Å². The van der Waals surface area contributed by atoms with Gasteiger partial charge in [0.2, 0.25) is 11.9 Å². The molecule has 0 unspecified atom stereocenters. The van der Waals surface area contributed by atoms with Crippen LogP contribution in [0.2, 0.25) is 0 Å². The Labute approximate surface area is 163 Å². The minimum Gasteiger partial charge on any atom is -0.368 e. The Morgan fingerprint density at radius 2 is 1.96 bits per heavy atom. The largest absolute Gasteiger partial charge is 0.368 e. The first-order valence-corrected chi connectivity index (χ1v) is 9.77. The van der Waals surface area contributed by atoms with E-state index in [4.69, 9.17) is 5.73 Å². The summed E-state index contributed by atoms with van der Waals surface area (Å²) in [7, 11) is 3.75. The van der Waals surface area contributed by atoms with Gasteiger partial charge in [-0.3, -0.25) is 0 Å². The molecule has 0 aliphatic rings. The van der Waals surface area contributed by atoms with Crippen LogP contribution in [0.25, 0.3) is 11.4 Å². The molecule has 2 heterocycles. The molecule has 1 aromatic carbocycles. The maximum Gasteiger partial charge on any atom is 0.229 e. The molecule has 3 rings (SSSR count). The molecule has 0 fully saturated rings. The van der Waals surface area contributed by atoms with E-state index >= 15 is 0 Å². The van der Waals surface area contributed by atoms with E-state index < -0.39 is 0 Å². The summed E-state index contributed by atoms with van der Waals surface area (Å²) < 4.78 is 2.15. The van der Waals surface area contributed by atoms with Crippen molar-refractivity contribution in [1.29, 1.82) is 0 Å². The summed E-state index contributed by atoms with van der Waals surface area (Å²) in [5, 5.41) is 9.67. The van der Waals surface area contributed by atoms with Crippen molar-refractivity contribution in [3.05, 3.63) is 35.7 Å². The highest BCUT2D eigenvalue weighted by atomic mass is 32.2. The first-order chi connectivity index (χ1) is 13.0. The Kier molecular flexibility index (Phi) is 5.90. The average Bonchev–Trinajstić information content (AvgIpc) is 3.02. The standard InChI is InChI=1S/C18H24N8S/c1-5-9-26-15(13-8-6-7-12(2)10-13)23-24-18(26)27-11-14-20-16(19)22-17(21-14)25(3)4/h6-8,10H,5,9,11H2,1-4H3,(H2,19,20,21,22). The van der Waals surface area contributed by atoms with Gasteiger partial charge in [-0.1, -0.05) is 42.4 Å². The molecule has 0 spiro atoms. The normalized spacial score (nSPS) is 11.0. The van der Waals surface area contributed by atoms with Crippen molar-refractivity contribution in [2.45, 2.75) is 37.7 Å². The predicted molar refractivity (Wildman–Crippen MR) is 109 cm³/mol. The van der Waals surface area contributed by atoms with Crippen LogP contribution < -0.4 is 10.6 Å². The predicted octanol–water partition coefficient (Wildman–Crippen LogP) is 2.79. The van der Waals surface area contributed by atoms with Gasteiger partial charge in [0.25, 0.3) is 0 Å². The summed E-state index contributed by atoms with van der Waals surface area (Å²) in [6.45, 7) is 5.07. The molecule has 0 aliphatic heterocycles. The van der Waals surface area contributed by atoms with Crippen molar-refractivity contribution in [2.75, 3.05) is 24.7 Å². The monoisotopic (exact) mass is 384 g/mol. The van der Waals surface area contributed by atoms with Gasteiger partial charge in [0.1, 0.15) is 5.82 Å². The lowest BCUT2D eigenvalue weighted by Crippen LogP contribution is -2.16. The van der Waals surface area contributed by atoms with Gasteiger partial charge >= 0.3 is 0 Å². The Hall–Kier alpha value is -2.68. The van der Waals surface area contributed by atoms with Crippen molar-refractivity contribution in [2.24, 2.45) is 0 Å². The third-order valence-corrected chi connectivity index (χ3v) is 4.82. The molecule has 0 saturated heterocycles. The van der Waals surface area contributed by atoms with Gasteiger partial charge in [0.05, 0.1) is 5.75 Å². The third kappa shape index (κ3) is 4.54. The molecular weight excluding hydrogens is 360 g/mol. The summed E-state index contributed by atoms with van der Waals surface area (Å²) >= 11 is 1.55. The van der Waals surface area contributed by atoms with Crippen LogP contribution in [0.3, 0.4) is 0 Å². The number of hydrogen-bond donors (Lipinski definition) is 1. The van der Waals surface area contributed by atoms with Crippen LogP contribution in [0.1, 0.15) is 24.7 Å². The average molecular weight is 385 g/mol. The molecule has 27 heavy (non-hydrogen) atoms. The summed E-state index contributed by atoms with van der Waals surface area (Å²) in [5.74, 6) is 2.82. The molecule has 0 bridgehead atoms. The van der Waals surface area contributed by atoms with Gasteiger partial charge in [-0.2, -0.15) is 15.0 Å². The number of nitrogens with zero attached hydrogens (tertiary/aromatic N) is 7. The lowest BCUT2D eigenvalue weighted by atomic mass is 10.1. The summed E-state index contributed by atoms with van der Waals surface area (Å²) in [5.41, 5.74) is 8.08. The zero-order valence-electron chi connectivity index (χ0n) is 16.0. The summed E-state index contributed by atoms with van der Waals surface area (Å²) in [4.78, 5) is 14.6. The fourth-order valence-corrected chi connectivity index (χ4v) is 3.46. The topological polar surface area (TPSA) is 98.6 Å². The number of nitrogen functional groups attached to an aromatic ring is 1. The fourth-order valence-electron chi connectivity index (χ4n) is 2.64. The molecule has 2 N–H and O–H groups in total. The first-order valence-electron chi connectivity index (χ1n) is 8.78. The minimum atomic E-state index is 0.222. The first kappa shape index (κ1) is 19.1. The smallest absolute Gasteiger partial charge is 0.229 e. The second-order valence-electron chi connectivity index (χ2n) is 6.42. The van der Waals surface area contributed by atoms with E-state index in [1.165, 1.54) is 5.56 Å². The number of aryl methyl sites for hydroxylation is 1. The van der Waals surface area contributed by atoms with E-state index in [-0.39, 0.29) is 5.95 Å². The molecule has 0 aliphatic carbocycles. The lowest BCUT2D eigenvalue weighted by Gasteiger charge is -2.12. The van der Waals surface area contributed by atoms with E-state index in [2.05, 4.69) is 61.8 Å². The summed E-state index contributed by atoms with van der Waals surface area (Å²) in [6.07, 6.45) is 0.994. The van der Waals surface area contributed by atoms with Crippen LogP contribution in [-0.2, 0) is 12.3 Å². The van der Waals surface area contributed by atoms with Gasteiger partial charge in [0.15, 0.2) is 11.0 Å². The maximum atomic E-state index is 5.81. The summed E-state index contributed by atoms with van der Waals surface area (Å²) in [6, 6.07) is 8.31. The molecule has 8 nitrogen and oxygen atoms in total. The van der Waals surface area contributed by atoms with Crippen LogP contribution in [0, 0.1) is 6.92 Å². The van der Waals surface area contributed by atoms with Crippen LogP contribution >= 0.6 is 11.8 Å². The molecule has 3 aromatic rings. The molecule has 0 atom stereocenters. The number of rotatable bonds is 7. The quantitative estimate of drug-likeness (QED) is 0.621. The molecule has 0 saturated carbocycles. The van der Waals surface area contributed by atoms with Crippen molar-refractivity contribution >= 4 is 23.7 Å². The highest BCUT2D eigenvalue weighted by molar-refractivity contribution is 7.98. The van der Waals surface area contributed by atoms with Gasteiger partial charge < -0.3 is 15.2 Å². The Morgan fingerprint density at radius 1 is 1.15 bits per heavy atom. The van der Waals surface area contributed by atoms with Crippen LogP contribution in [0.4, 0.5) is 11.9 Å². The lowest BCUT2D eigenvalue weighted by molar-refractivity contribution is 0.626. The van der Waals surface area contributed by atoms with Gasteiger partial charge in [-0.05, 0) is 19.4 Å². The number of anilines is 2. The van der Waals surface area contributed by atoms with E-state index in [1.54, 1.807) is 11.8 Å². The van der Waals surface area contributed by atoms with Crippen LogP contribution in [-0.4, -0.2) is 43.8 Å². The Bertz CT molecular complexity index is 921. The van der Waals surface area contributed by atoms with Crippen molar-refractivity contribution in [3.63, 3.8) is 0 Å². The second kappa shape index (κ2) is 8.34. The van der Waals surface area contributed by atoms with Gasteiger partial charge in [0, 0.05) is 26.2 Å². The number of thioether (sulfide) groups is 1. The highest BCUT2D eigenvalue weighted by Crippen LogP contribution is 2.26. The van der Waals surface area contributed by atoms with Crippen molar-refractivity contribution < 1.29 is 0 Å². The van der Waals surface area contributed by atoms with Crippen molar-refractivity contribution in [1.82, 2.24) is 29.7 Å². The maximum absolute atomic E-state index is 5.81. The van der Waals surface area contributed by atoms with E-state index in [1.807, 2.05) is 25.1 Å². The fraction of sp³-hybridized carbons (Fsp3) is 0.389. The SMILES string of the molecule is CCCn1c(SCc2nc(N)nc(N(C)C)n2)nnc1-c1cccc(C)c1. The minimum absolute atomic E-state index is 0.222. The zero-order valence-corrected chi connectivity index (χ0v) is 16.9. The van der Waals surface area contributed by atoms with E-state index in [0.717, 1.165) is 29.5 Å². The second-order valence-corrected chi connectivity index (χ2v) is 7.36. The van der Waals surface area contributed by atoms with Crippen LogP contribution in [0.5, 0.6) is 0 Å². The third-order valence-electron chi connectivity index (χ3n) is 3.86. The van der Waals surface area contributed by atoms with Crippen LogP contribution in [0.15, 0.2) is 29.4 Å². The van der Waals surface area contributed by atoms with Gasteiger partial charge in [-0.25, -0.2) is 0 Å². The number of nitrogens with two attached hydrogens (primary N) is 1. The molecule has 142 valence electrons. The Balaban J connectivity index is 1.85. The number of benzene rings is 1.